The summed E-state index contributed by atoms with van der Waals surface area (Å²) in [4.78, 5) is 24.7. The molecule has 2 aromatic carbocycles. The number of amides is 1. The fraction of sp³-hybridized carbons (Fsp3) is 0.346. The maximum absolute atomic E-state index is 13.2. The van der Waals surface area contributed by atoms with Crippen LogP contribution in [0.5, 0.6) is 5.88 Å². The van der Waals surface area contributed by atoms with Crippen molar-refractivity contribution >= 4 is 35.1 Å². The number of hydrogen-bond acceptors (Lipinski definition) is 5. The molecule has 0 spiro atoms. The zero-order chi connectivity index (χ0) is 26.7. The summed E-state index contributed by atoms with van der Waals surface area (Å²) < 4.78 is 7.39. The smallest absolute Gasteiger partial charge is 0.305 e. The molecule has 0 saturated carbocycles. The molecule has 2 atom stereocenters. The van der Waals surface area contributed by atoms with E-state index in [2.05, 4.69) is 10.4 Å². The summed E-state index contributed by atoms with van der Waals surface area (Å²) in [5.41, 5.74) is -0.623. The van der Waals surface area contributed by atoms with E-state index in [-0.39, 0.29) is 23.2 Å². The maximum atomic E-state index is 13.2. The number of rotatable bonds is 9. The number of halogens is 2. The van der Waals surface area contributed by atoms with Gasteiger partial charge in [0.25, 0.3) is 5.91 Å². The van der Waals surface area contributed by atoms with Gasteiger partial charge in [-0.05, 0) is 48.2 Å². The molecule has 1 heterocycles. The first-order valence-electron chi connectivity index (χ1n) is 11.3. The third-order valence-corrected chi connectivity index (χ3v) is 6.62. The zero-order valence-corrected chi connectivity index (χ0v) is 22.0. The number of para-hydroxylation sites is 1. The molecule has 1 aromatic heterocycles. The molecule has 3 N–H and O–H groups in total. The molecule has 192 valence electrons. The molecule has 3 rings (SSSR count). The predicted octanol–water partition coefficient (Wildman–Crippen LogP) is 5.30. The predicted molar refractivity (Wildman–Crippen MR) is 138 cm³/mol. The van der Waals surface area contributed by atoms with Gasteiger partial charge in [-0.1, -0.05) is 62.2 Å². The van der Waals surface area contributed by atoms with E-state index in [4.69, 9.17) is 27.9 Å². The highest BCUT2D eigenvalue weighted by Crippen LogP contribution is 2.32. The molecule has 8 nitrogen and oxygen atoms in total. The Balaban J connectivity index is 1.94. The number of aliphatic hydroxyl groups is 1. The molecule has 0 aliphatic carbocycles. The van der Waals surface area contributed by atoms with Gasteiger partial charge in [0.2, 0.25) is 5.88 Å². The van der Waals surface area contributed by atoms with Gasteiger partial charge in [-0.3, -0.25) is 9.59 Å². The van der Waals surface area contributed by atoms with E-state index in [1.54, 1.807) is 25.1 Å². The monoisotopic (exact) mass is 533 g/mol. The number of nitrogens with one attached hydrogen (secondary N) is 1. The van der Waals surface area contributed by atoms with Crippen molar-refractivity contribution in [3.8, 4) is 11.6 Å². The van der Waals surface area contributed by atoms with Crippen LogP contribution in [0.4, 0.5) is 0 Å². The number of nitrogens with zero attached hydrogens (tertiary/aromatic N) is 2. The van der Waals surface area contributed by atoms with E-state index in [0.29, 0.717) is 16.3 Å². The number of carboxylic acid groups (broad SMARTS) is 1. The van der Waals surface area contributed by atoms with Gasteiger partial charge in [0.15, 0.2) is 5.69 Å². The lowest BCUT2D eigenvalue weighted by molar-refractivity contribution is -0.137. The van der Waals surface area contributed by atoms with Gasteiger partial charge in [0, 0.05) is 16.1 Å². The Hall–Kier alpha value is -3.07. The summed E-state index contributed by atoms with van der Waals surface area (Å²) in [5, 5.41) is 28.0. The van der Waals surface area contributed by atoms with Crippen LogP contribution in [0, 0.1) is 5.41 Å². The molecule has 3 aromatic rings. The first-order chi connectivity index (χ1) is 16.8. The first kappa shape index (κ1) is 27.5. The van der Waals surface area contributed by atoms with Gasteiger partial charge < -0.3 is 20.3 Å². The normalized spacial score (nSPS) is 14.1. The highest BCUT2D eigenvalue weighted by molar-refractivity contribution is 6.33. The van der Waals surface area contributed by atoms with Crippen molar-refractivity contribution in [1.82, 2.24) is 15.1 Å². The Morgan fingerprint density at radius 3 is 2.36 bits per heavy atom. The van der Waals surface area contributed by atoms with Crippen LogP contribution in [-0.2, 0) is 4.79 Å². The zero-order valence-electron chi connectivity index (χ0n) is 20.5. The third-order valence-electron chi connectivity index (χ3n) is 6.04. The second-order valence-electron chi connectivity index (χ2n) is 9.72. The molecule has 0 saturated heterocycles. The summed E-state index contributed by atoms with van der Waals surface area (Å²) in [7, 11) is 0. The third kappa shape index (κ3) is 6.57. The van der Waals surface area contributed by atoms with Crippen LogP contribution in [0.25, 0.3) is 5.69 Å². The fourth-order valence-corrected chi connectivity index (χ4v) is 3.62. The molecule has 0 bridgehead atoms. The number of carbonyl (C=O) groups is 2. The lowest BCUT2D eigenvalue weighted by Gasteiger charge is -2.36. The van der Waals surface area contributed by atoms with Crippen molar-refractivity contribution in [1.29, 1.82) is 0 Å². The molecule has 0 unspecified atom stereocenters. The van der Waals surface area contributed by atoms with Crippen LogP contribution < -0.4 is 10.1 Å². The molecule has 1 amide bonds. The molecule has 0 aliphatic rings. The number of carbonyl (C=O) groups excluding carboxylic acids is 1. The number of ether oxygens (including phenoxy) is 1. The molecule has 0 fully saturated rings. The van der Waals surface area contributed by atoms with Crippen molar-refractivity contribution in [2.75, 3.05) is 6.61 Å². The van der Waals surface area contributed by atoms with E-state index in [1.165, 1.54) is 22.9 Å². The number of aromatic nitrogens is 2. The van der Waals surface area contributed by atoms with Gasteiger partial charge in [0.05, 0.1) is 18.2 Å². The van der Waals surface area contributed by atoms with E-state index in [9.17, 15) is 19.8 Å². The van der Waals surface area contributed by atoms with Crippen LogP contribution in [0.1, 0.15) is 56.2 Å². The number of carboxylic acids is 1. The molecular weight excluding hydrogens is 505 g/mol. The fourth-order valence-electron chi connectivity index (χ4n) is 3.19. The molecule has 36 heavy (non-hydrogen) atoms. The van der Waals surface area contributed by atoms with Crippen LogP contribution in [0.15, 0.2) is 54.6 Å². The Morgan fingerprint density at radius 1 is 1.08 bits per heavy atom. The van der Waals surface area contributed by atoms with Crippen LogP contribution >= 0.6 is 23.2 Å². The topological polar surface area (TPSA) is 114 Å². The number of aliphatic carboxylic acids is 1. The highest BCUT2D eigenvalue weighted by Gasteiger charge is 2.36. The van der Waals surface area contributed by atoms with Crippen molar-refractivity contribution < 1.29 is 24.5 Å². The van der Waals surface area contributed by atoms with Crippen LogP contribution in [0.3, 0.4) is 0 Å². The second kappa shape index (κ2) is 10.9. The summed E-state index contributed by atoms with van der Waals surface area (Å²) in [5.74, 6) is -1.51. The van der Waals surface area contributed by atoms with Crippen molar-refractivity contribution in [2.24, 2.45) is 5.41 Å². The van der Waals surface area contributed by atoms with Gasteiger partial charge in [-0.15, -0.1) is 0 Å². The maximum Gasteiger partial charge on any atom is 0.305 e. The Bertz CT molecular complexity index is 1240. The summed E-state index contributed by atoms with van der Waals surface area (Å²) >= 11 is 12.3. The van der Waals surface area contributed by atoms with E-state index in [0.717, 1.165) is 0 Å². The second-order valence-corrected chi connectivity index (χ2v) is 10.6. The number of benzene rings is 2. The van der Waals surface area contributed by atoms with Crippen LogP contribution in [-0.4, -0.2) is 44.1 Å². The standard InChI is InChI=1S/C26H29Cl2N3O5/c1-25(2,3)26(4,35)15-36-22-13-21(30-31(22)17-8-6-5-7-9-17)24(34)29-20(14-23(32)33)18-12-16(27)10-11-19(18)28/h5-13,20,35H,14-15H2,1-4H3,(H,29,34)(H,32,33)/t20-,26-/m0/s1. The van der Waals surface area contributed by atoms with Gasteiger partial charge in [-0.25, -0.2) is 4.68 Å². The summed E-state index contributed by atoms with van der Waals surface area (Å²) in [6.45, 7) is 7.32. The molecular formula is C26H29Cl2N3O5. The van der Waals surface area contributed by atoms with E-state index >= 15 is 0 Å². The van der Waals surface area contributed by atoms with Gasteiger partial charge in [0.1, 0.15) is 12.2 Å². The molecule has 0 radical (unpaired) electrons. The summed E-state index contributed by atoms with van der Waals surface area (Å²) in [6, 6.07) is 14.2. The van der Waals surface area contributed by atoms with E-state index in [1.807, 2.05) is 39.0 Å². The van der Waals surface area contributed by atoms with Crippen molar-refractivity contribution in [3.63, 3.8) is 0 Å². The lowest BCUT2D eigenvalue weighted by atomic mass is 9.78. The van der Waals surface area contributed by atoms with Crippen LogP contribution in [0.2, 0.25) is 10.0 Å². The SMILES string of the molecule is CC(C)(C)[C@@](C)(O)COc1cc(C(=O)N[C@@H](CC(=O)O)c2cc(Cl)ccc2Cl)nn1-c1ccccc1. The highest BCUT2D eigenvalue weighted by atomic mass is 35.5. The van der Waals surface area contributed by atoms with E-state index < -0.39 is 35.4 Å². The first-order valence-corrected chi connectivity index (χ1v) is 12.0. The average molecular weight is 534 g/mol. The minimum Gasteiger partial charge on any atom is -0.481 e. The van der Waals surface area contributed by atoms with Crippen molar-refractivity contribution in [3.05, 3.63) is 75.9 Å². The molecule has 10 heteroatoms. The quantitative estimate of drug-likeness (QED) is 0.343. The minimum absolute atomic E-state index is 0.00204. The Labute approximate surface area is 219 Å². The Morgan fingerprint density at radius 2 is 1.75 bits per heavy atom. The number of hydrogen-bond donors (Lipinski definition) is 3. The summed E-state index contributed by atoms with van der Waals surface area (Å²) in [6.07, 6.45) is -0.414. The van der Waals surface area contributed by atoms with Gasteiger partial charge >= 0.3 is 5.97 Å². The molecule has 0 aliphatic heterocycles. The minimum atomic E-state index is -1.17. The van der Waals surface area contributed by atoms with Gasteiger partial charge in [-0.2, -0.15) is 5.10 Å². The van der Waals surface area contributed by atoms with Crippen molar-refractivity contribution in [2.45, 2.75) is 45.8 Å². The average Bonchev–Trinajstić information content (AvgIpc) is 3.23. The Kier molecular flexibility index (Phi) is 8.33. The lowest BCUT2D eigenvalue weighted by Crippen LogP contribution is -2.45. The largest absolute Gasteiger partial charge is 0.481 e.